The Balaban J connectivity index is 1.79. The molecule has 2 aromatic rings. The van der Waals surface area contributed by atoms with Gasteiger partial charge in [0.25, 0.3) is 5.91 Å². The van der Waals surface area contributed by atoms with Crippen LogP contribution in [-0.4, -0.2) is 17.6 Å². The predicted molar refractivity (Wildman–Crippen MR) is 91.6 cm³/mol. The first kappa shape index (κ1) is 16.5. The summed E-state index contributed by atoms with van der Waals surface area (Å²) in [6.07, 6.45) is 5.50. The summed E-state index contributed by atoms with van der Waals surface area (Å²) in [6.45, 7) is 0.477. The summed E-state index contributed by atoms with van der Waals surface area (Å²) in [5, 5.41) is 12.3. The summed E-state index contributed by atoms with van der Waals surface area (Å²) in [5.74, 6) is -1.85. The summed E-state index contributed by atoms with van der Waals surface area (Å²) in [4.78, 5) is 12.4. The predicted octanol–water partition coefficient (Wildman–Crippen LogP) is 4.16. The molecule has 1 aliphatic carbocycles. The second-order valence-electron chi connectivity index (χ2n) is 6.53. The lowest BCUT2D eigenvalue weighted by molar-refractivity contribution is 0.0931. The van der Waals surface area contributed by atoms with Gasteiger partial charge in [-0.1, -0.05) is 55.7 Å². The Morgan fingerprint density at radius 3 is 2.46 bits per heavy atom. The van der Waals surface area contributed by atoms with Crippen LogP contribution in [0, 0.1) is 5.82 Å². The van der Waals surface area contributed by atoms with Gasteiger partial charge in [-0.3, -0.25) is 4.79 Å². The van der Waals surface area contributed by atoms with Crippen LogP contribution < -0.4 is 5.32 Å². The zero-order valence-corrected chi connectivity index (χ0v) is 13.6. The molecule has 0 aromatic heterocycles. The van der Waals surface area contributed by atoms with Gasteiger partial charge in [-0.2, -0.15) is 0 Å². The second-order valence-corrected chi connectivity index (χ2v) is 6.53. The van der Waals surface area contributed by atoms with Crippen molar-refractivity contribution in [1.29, 1.82) is 0 Å². The van der Waals surface area contributed by atoms with Gasteiger partial charge >= 0.3 is 0 Å². The molecular weight excluding hydrogens is 305 g/mol. The van der Waals surface area contributed by atoms with E-state index < -0.39 is 17.5 Å². The van der Waals surface area contributed by atoms with Gasteiger partial charge in [0, 0.05) is 12.0 Å². The Morgan fingerprint density at radius 2 is 1.75 bits per heavy atom. The zero-order valence-electron chi connectivity index (χ0n) is 13.6. The number of nitrogens with one attached hydrogen (secondary N) is 1. The Bertz CT molecular complexity index is 709. The van der Waals surface area contributed by atoms with Crippen molar-refractivity contribution in [2.24, 2.45) is 0 Å². The molecule has 0 spiro atoms. The molecule has 24 heavy (non-hydrogen) atoms. The molecule has 3 rings (SSSR count). The van der Waals surface area contributed by atoms with Crippen LogP contribution in [0.25, 0.3) is 0 Å². The maximum atomic E-state index is 13.9. The molecule has 4 heteroatoms. The fourth-order valence-corrected chi connectivity index (χ4v) is 3.63. The van der Waals surface area contributed by atoms with E-state index in [-0.39, 0.29) is 11.0 Å². The summed E-state index contributed by atoms with van der Waals surface area (Å²) in [6, 6.07) is 14.3. The number of benzene rings is 2. The van der Waals surface area contributed by atoms with Crippen LogP contribution in [0.4, 0.5) is 4.39 Å². The summed E-state index contributed by atoms with van der Waals surface area (Å²) < 4.78 is 13.9. The lowest BCUT2D eigenvalue weighted by Crippen LogP contribution is -2.42. The number of hydrogen-bond donors (Lipinski definition) is 2. The van der Waals surface area contributed by atoms with Crippen LogP contribution in [0.1, 0.15) is 48.0 Å². The Labute approximate surface area is 141 Å². The summed E-state index contributed by atoms with van der Waals surface area (Å²) in [7, 11) is 0. The molecule has 1 aliphatic rings. The molecule has 1 saturated carbocycles. The largest absolute Gasteiger partial charge is 0.505 e. The first-order valence-electron chi connectivity index (χ1n) is 8.44. The molecule has 2 N–H and O–H groups in total. The molecule has 126 valence electrons. The molecule has 1 fully saturated rings. The standard InChI is InChI=1S/C20H22FNO2/c21-18-16(10-7-11-17(18)23)19(24)22-14-20(12-5-2-6-13-20)15-8-3-1-4-9-15/h1,3-4,7-11,23H,2,5-6,12-14H2,(H,22,24). The third-order valence-electron chi connectivity index (χ3n) is 5.01. The number of phenols is 1. The zero-order chi connectivity index (χ0) is 17.0. The van der Waals surface area contributed by atoms with Crippen LogP contribution in [0.2, 0.25) is 0 Å². The van der Waals surface area contributed by atoms with Crippen LogP contribution >= 0.6 is 0 Å². The minimum absolute atomic E-state index is 0.0948. The monoisotopic (exact) mass is 327 g/mol. The average Bonchev–Trinajstić information content (AvgIpc) is 2.63. The molecule has 3 nitrogen and oxygen atoms in total. The van der Waals surface area contributed by atoms with E-state index in [9.17, 15) is 14.3 Å². The van der Waals surface area contributed by atoms with Crippen molar-refractivity contribution >= 4 is 5.91 Å². The van der Waals surface area contributed by atoms with Crippen LogP contribution in [0.15, 0.2) is 48.5 Å². The number of rotatable bonds is 4. The van der Waals surface area contributed by atoms with Gasteiger partial charge in [-0.25, -0.2) is 4.39 Å². The number of halogens is 1. The molecule has 0 bridgehead atoms. The number of amides is 1. The SMILES string of the molecule is O=C(NCC1(c2ccccc2)CCCCC1)c1cccc(O)c1F. The van der Waals surface area contributed by atoms with E-state index in [2.05, 4.69) is 17.4 Å². The maximum Gasteiger partial charge on any atom is 0.254 e. The van der Waals surface area contributed by atoms with E-state index in [1.54, 1.807) is 0 Å². The van der Waals surface area contributed by atoms with Crippen molar-refractivity contribution in [3.8, 4) is 5.75 Å². The second kappa shape index (κ2) is 7.04. The van der Waals surface area contributed by atoms with Crippen LogP contribution in [-0.2, 0) is 5.41 Å². The molecule has 0 radical (unpaired) electrons. The molecule has 0 aliphatic heterocycles. The molecular formula is C20H22FNO2. The quantitative estimate of drug-likeness (QED) is 0.886. The van der Waals surface area contributed by atoms with Gasteiger partial charge in [-0.15, -0.1) is 0 Å². The number of aromatic hydroxyl groups is 1. The molecule has 2 aromatic carbocycles. The van der Waals surface area contributed by atoms with Gasteiger partial charge < -0.3 is 10.4 Å². The van der Waals surface area contributed by atoms with E-state index in [1.807, 2.05) is 18.2 Å². The normalized spacial score (nSPS) is 16.5. The van der Waals surface area contributed by atoms with Crippen molar-refractivity contribution in [2.45, 2.75) is 37.5 Å². The Hall–Kier alpha value is -2.36. The van der Waals surface area contributed by atoms with Gasteiger partial charge in [0.2, 0.25) is 0 Å². The van der Waals surface area contributed by atoms with E-state index >= 15 is 0 Å². The smallest absolute Gasteiger partial charge is 0.254 e. The Kier molecular flexibility index (Phi) is 4.84. The first-order valence-corrected chi connectivity index (χ1v) is 8.44. The van der Waals surface area contributed by atoms with Crippen molar-refractivity contribution in [2.75, 3.05) is 6.54 Å². The summed E-state index contributed by atoms with van der Waals surface area (Å²) >= 11 is 0. The number of carbonyl (C=O) groups is 1. The highest BCUT2D eigenvalue weighted by Crippen LogP contribution is 2.39. The van der Waals surface area contributed by atoms with Crippen molar-refractivity contribution in [1.82, 2.24) is 5.32 Å². The van der Waals surface area contributed by atoms with E-state index in [4.69, 9.17) is 0 Å². The first-order chi connectivity index (χ1) is 11.6. The Morgan fingerprint density at radius 1 is 1.04 bits per heavy atom. The molecule has 1 amide bonds. The van der Waals surface area contributed by atoms with Crippen molar-refractivity contribution in [3.05, 3.63) is 65.5 Å². The topological polar surface area (TPSA) is 49.3 Å². The lowest BCUT2D eigenvalue weighted by Gasteiger charge is -2.38. The highest BCUT2D eigenvalue weighted by molar-refractivity contribution is 5.95. The molecule has 0 saturated heterocycles. The molecule has 0 atom stereocenters. The minimum atomic E-state index is -0.868. The number of phenolic OH excluding ortho intramolecular Hbond substituents is 1. The third kappa shape index (κ3) is 3.28. The van der Waals surface area contributed by atoms with Gasteiger partial charge in [0.1, 0.15) is 0 Å². The van der Waals surface area contributed by atoms with E-state index in [0.29, 0.717) is 6.54 Å². The lowest BCUT2D eigenvalue weighted by atomic mass is 9.69. The number of carbonyl (C=O) groups excluding carboxylic acids is 1. The van der Waals surface area contributed by atoms with Crippen LogP contribution in [0.5, 0.6) is 5.75 Å². The highest BCUT2D eigenvalue weighted by Gasteiger charge is 2.34. The van der Waals surface area contributed by atoms with Gasteiger partial charge in [0.05, 0.1) is 5.56 Å². The van der Waals surface area contributed by atoms with Gasteiger partial charge in [0.15, 0.2) is 11.6 Å². The maximum absolute atomic E-state index is 13.9. The fraction of sp³-hybridized carbons (Fsp3) is 0.350. The van der Waals surface area contributed by atoms with Crippen LogP contribution in [0.3, 0.4) is 0 Å². The highest BCUT2D eigenvalue weighted by atomic mass is 19.1. The van der Waals surface area contributed by atoms with Crippen molar-refractivity contribution < 1.29 is 14.3 Å². The third-order valence-corrected chi connectivity index (χ3v) is 5.01. The molecule has 0 unspecified atom stereocenters. The summed E-state index contributed by atoms with van der Waals surface area (Å²) in [5.41, 5.74) is 1.01. The number of hydrogen-bond acceptors (Lipinski definition) is 2. The van der Waals surface area contributed by atoms with E-state index in [0.717, 1.165) is 25.7 Å². The molecule has 0 heterocycles. The minimum Gasteiger partial charge on any atom is -0.505 e. The average molecular weight is 327 g/mol. The van der Waals surface area contributed by atoms with Crippen molar-refractivity contribution in [3.63, 3.8) is 0 Å². The van der Waals surface area contributed by atoms with Gasteiger partial charge in [-0.05, 0) is 30.5 Å². The van der Waals surface area contributed by atoms with E-state index in [1.165, 1.54) is 30.2 Å². The fourth-order valence-electron chi connectivity index (χ4n) is 3.63.